The summed E-state index contributed by atoms with van der Waals surface area (Å²) in [6.07, 6.45) is 0.954. The molecule has 0 bridgehead atoms. The van der Waals surface area contributed by atoms with Crippen LogP contribution in [-0.2, 0) is 28.6 Å². The van der Waals surface area contributed by atoms with Gasteiger partial charge < -0.3 is 13.4 Å². The van der Waals surface area contributed by atoms with Crippen molar-refractivity contribution in [1.29, 1.82) is 0 Å². The third-order valence-corrected chi connectivity index (χ3v) is 9.36. The first-order valence-electron chi connectivity index (χ1n) is 15.6. The van der Waals surface area contributed by atoms with Crippen molar-refractivity contribution in [2.24, 2.45) is 0 Å². The minimum atomic E-state index is -4.16. The molecule has 0 saturated heterocycles. The van der Waals surface area contributed by atoms with Crippen LogP contribution < -0.4 is 0 Å². The van der Waals surface area contributed by atoms with E-state index in [4.69, 9.17) is 17.5 Å². The van der Waals surface area contributed by atoms with E-state index < -0.39 is 20.2 Å². The molecule has 4 aromatic carbocycles. The first-order chi connectivity index (χ1) is 25.0. The van der Waals surface area contributed by atoms with Gasteiger partial charge in [-0.2, -0.15) is 21.8 Å². The Labute approximate surface area is 297 Å². The van der Waals surface area contributed by atoms with Gasteiger partial charge in [-0.25, -0.2) is 0 Å². The lowest BCUT2D eigenvalue weighted by Gasteiger charge is -2.06. The lowest BCUT2D eigenvalue weighted by molar-refractivity contribution is 0.255. The summed E-state index contributed by atoms with van der Waals surface area (Å²) in [5.74, 6) is 1.61. The highest BCUT2D eigenvalue weighted by Crippen LogP contribution is 2.31. The van der Waals surface area contributed by atoms with Crippen molar-refractivity contribution in [3.8, 4) is 68.7 Å². The van der Waals surface area contributed by atoms with Gasteiger partial charge in [0.25, 0.3) is 26.1 Å². The molecule has 0 N–H and O–H groups in total. The van der Waals surface area contributed by atoms with Crippen molar-refractivity contribution in [2.45, 2.75) is 18.2 Å². The quantitative estimate of drug-likeness (QED) is 0.0951. The number of rotatable bonds is 13. The molecule has 3 heterocycles. The van der Waals surface area contributed by atoms with Gasteiger partial charge in [-0.1, -0.05) is 47.1 Å². The molecule has 0 radical (unpaired) electrons. The van der Waals surface area contributed by atoms with Crippen molar-refractivity contribution in [3.63, 3.8) is 0 Å². The zero-order chi connectivity index (χ0) is 36.3. The molecule has 15 nitrogen and oxygen atoms in total. The summed E-state index contributed by atoms with van der Waals surface area (Å²) < 4.78 is 74.7. The molecule has 0 amide bonds. The minimum absolute atomic E-state index is 0.0492. The summed E-state index contributed by atoms with van der Waals surface area (Å²) in [6.45, 7) is 1.52. The molecule has 0 aliphatic carbocycles. The fraction of sp³-hybridized carbons (Fsp3) is 0.143. The highest BCUT2D eigenvalue weighted by Gasteiger charge is 2.20. The molecule has 52 heavy (non-hydrogen) atoms. The van der Waals surface area contributed by atoms with Crippen molar-refractivity contribution >= 4 is 20.2 Å². The van der Waals surface area contributed by atoms with Crippen LogP contribution in [0.1, 0.15) is 12.0 Å². The second-order valence-electron chi connectivity index (χ2n) is 11.5. The standard InChI is InChI=1S/C35H28N6O9S2/c1-22-8-3-9-23(18-22)30-36-31(50-41-30)24-10-4-11-25(19-24)32-37-38-33(48-32)26-12-5-13-27(20-26)34-39-40-35(49-34)28-14-6-15-29(21-28)52(44,45)47-17-7-16-46-51(2,42)43/h3-6,8-15,18-21H,7,16-17H2,1-2H3. The predicted molar refractivity (Wildman–Crippen MR) is 186 cm³/mol. The first kappa shape index (κ1) is 34.6. The summed E-state index contributed by atoms with van der Waals surface area (Å²) in [5.41, 5.74) is 4.78. The molecule has 264 valence electrons. The van der Waals surface area contributed by atoms with Gasteiger partial charge in [-0.15, -0.1) is 20.4 Å². The van der Waals surface area contributed by atoms with Crippen LogP contribution in [0.25, 0.3) is 68.7 Å². The molecule has 0 fully saturated rings. The van der Waals surface area contributed by atoms with Crippen LogP contribution in [0.5, 0.6) is 0 Å². The van der Waals surface area contributed by atoms with Gasteiger partial charge in [-0.3, -0.25) is 8.37 Å². The Morgan fingerprint density at radius 3 is 1.62 bits per heavy atom. The van der Waals surface area contributed by atoms with Crippen LogP contribution in [0.3, 0.4) is 0 Å². The molecule has 0 aliphatic heterocycles. The SMILES string of the molecule is Cc1cccc(-c2noc(-c3cccc(-c4nnc(-c5cccc(-c6nnc(-c7cccc(S(=O)(=O)OCCCOS(C)(=O)=O)c7)o6)c5)o4)c3)n2)c1. The van der Waals surface area contributed by atoms with Gasteiger partial charge >= 0.3 is 0 Å². The molecular formula is C35H28N6O9S2. The van der Waals surface area contributed by atoms with Gasteiger partial charge in [0, 0.05) is 33.4 Å². The van der Waals surface area contributed by atoms with Crippen LogP contribution in [-0.4, -0.2) is 66.8 Å². The van der Waals surface area contributed by atoms with Crippen LogP contribution in [0.15, 0.2) is 115 Å². The van der Waals surface area contributed by atoms with Crippen molar-refractivity contribution in [1.82, 2.24) is 30.5 Å². The lowest BCUT2D eigenvalue weighted by atomic mass is 10.1. The van der Waals surface area contributed by atoms with Crippen molar-refractivity contribution in [2.75, 3.05) is 19.5 Å². The van der Waals surface area contributed by atoms with Gasteiger partial charge in [0.1, 0.15) is 0 Å². The zero-order valence-corrected chi connectivity index (χ0v) is 29.2. The average molecular weight is 741 g/mol. The van der Waals surface area contributed by atoms with E-state index in [1.54, 1.807) is 30.3 Å². The van der Waals surface area contributed by atoms with Crippen LogP contribution in [0, 0.1) is 6.92 Å². The Hall–Kier alpha value is -5.88. The van der Waals surface area contributed by atoms with E-state index in [-0.39, 0.29) is 48.1 Å². The zero-order valence-electron chi connectivity index (χ0n) is 27.5. The van der Waals surface area contributed by atoms with Crippen molar-refractivity contribution in [3.05, 3.63) is 103 Å². The topological polar surface area (TPSA) is 203 Å². The van der Waals surface area contributed by atoms with E-state index in [1.807, 2.05) is 55.5 Å². The molecule has 7 aromatic rings. The van der Waals surface area contributed by atoms with E-state index in [9.17, 15) is 16.8 Å². The molecule has 0 unspecified atom stereocenters. The maximum atomic E-state index is 12.7. The summed E-state index contributed by atoms with van der Waals surface area (Å²) in [4.78, 5) is 4.42. The fourth-order valence-corrected chi connectivity index (χ4v) is 6.43. The normalized spacial score (nSPS) is 12.0. The molecule has 3 aromatic heterocycles. The maximum absolute atomic E-state index is 12.7. The van der Waals surface area contributed by atoms with Crippen LogP contribution in [0.2, 0.25) is 0 Å². The Morgan fingerprint density at radius 1 is 0.577 bits per heavy atom. The van der Waals surface area contributed by atoms with Gasteiger partial charge in [-0.05, 0) is 74.0 Å². The molecule has 0 spiro atoms. The first-order valence-corrected chi connectivity index (χ1v) is 18.9. The Morgan fingerprint density at radius 2 is 1.06 bits per heavy atom. The number of nitrogens with zero attached hydrogens (tertiary/aromatic N) is 6. The van der Waals surface area contributed by atoms with Gasteiger partial charge in [0.05, 0.1) is 24.4 Å². The monoisotopic (exact) mass is 740 g/mol. The van der Waals surface area contributed by atoms with E-state index in [0.29, 0.717) is 39.5 Å². The van der Waals surface area contributed by atoms with Crippen LogP contribution in [0.4, 0.5) is 0 Å². The number of aromatic nitrogens is 6. The Bertz CT molecular complexity index is 2600. The number of aryl methyl sites for hydroxylation is 1. The second-order valence-corrected chi connectivity index (χ2v) is 14.7. The van der Waals surface area contributed by atoms with E-state index >= 15 is 0 Å². The number of hydrogen-bond donors (Lipinski definition) is 0. The van der Waals surface area contributed by atoms with E-state index in [1.165, 1.54) is 18.2 Å². The molecule has 17 heteroatoms. The predicted octanol–water partition coefficient (Wildman–Crippen LogP) is 6.22. The Balaban J connectivity index is 1.05. The highest BCUT2D eigenvalue weighted by molar-refractivity contribution is 7.86. The largest absolute Gasteiger partial charge is 0.416 e. The minimum Gasteiger partial charge on any atom is -0.416 e. The maximum Gasteiger partial charge on any atom is 0.296 e. The fourth-order valence-electron chi connectivity index (χ4n) is 5.02. The Kier molecular flexibility index (Phi) is 9.57. The summed E-state index contributed by atoms with van der Waals surface area (Å²) >= 11 is 0. The lowest BCUT2D eigenvalue weighted by Crippen LogP contribution is -2.11. The molecule has 0 saturated carbocycles. The van der Waals surface area contributed by atoms with E-state index in [2.05, 4.69) is 34.7 Å². The van der Waals surface area contributed by atoms with Gasteiger partial charge in [0.15, 0.2) is 0 Å². The second kappa shape index (κ2) is 14.4. The van der Waals surface area contributed by atoms with Crippen LogP contribution >= 0.6 is 0 Å². The average Bonchev–Trinajstić information content (AvgIpc) is 3.93. The molecule has 0 atom stereocenters. The summed E-state index contributed by atoms with van der Waals surface area (Å²) in [5, 5.41) is 20.9. The number of benzene rings is 4. The number of hydrogen-bond acceptors (Lipinski definition) is 15. The summed E-state index contributed by atoms with van der Waals surface area (Å²) in [7, 11) is -7.80. The van der Waals surface area contributed by atoms with Crippen molar-refractivity contribution < 1.29 is 38.6 Å². The molecule has 7 rings (SSSR count). The van der Waals surface area contributed by atoms with E-state index in [0.717, 1.165) is 17.4 Å². The third-order valence-electron chi connectivity index (χ3n) is 7.46. The molecular weight excluding hydrogens is 713 g/mol. The highest BCUT2D eigenvalue weighted by atomic mass is 32.2. The summed E-state index contributed by atoms with van der Waals surface area (Å²) in [6, 6.07) is 28.1. The van der Waals surface area contributed by atoms with Gasteiger partial charge in [0.2, 0.25) is 29.4 Å². The molecule has 0 aliphatic rings. The smallest absolute Gasteiger partial charge is 0.296 e. The third kappa shape index (κ3) is 8.02.